The number of hydrogen-bond acceptors (Lipinski definition) is 7. The molecule has 0 unspecified atom stereocenters. The first-order valence-electron chi connectivity index (χ1n) is 18.1. The molecule has 0 bridgehead atoms. The molecule has 0 saturated carbocycles. The van der Waals surface area contributed by atoms with Gasteiger partial charge in [-0.3, -0.25) is 9.69 Å². The van der Waals surface area contributed by atoms with Gasteiger partial charge in [-0.2, -0.15) is 17.5 Å². The van der Waals surface area contributed by atoms with Crippen molar-refractivity contribution in [1.29, 1.82) is 0 Å². The average molecular weight is 796 g/mol. The number of alkyl halides is 3. The Morgan fingerprint density at radius 3 is 2.05 bits per heavy atom. The van der Waals surface area contributed by atoms with E-state index in [0.717, 1.165) is 42.6 Å². The molecule has 3 N–H and O–H groups in total. The lowest BCUT2D eigenvalue weighted by Gasteiger charge is -2.39. The van der Waals surface area contributed by atoms with Gasteiger partial charge in [0.25, 0.3) is 0 Å². The van der Waals surface area contributed by atoms with Crippen molar-refractivity contribution in [2.45, 2.75) is 49.5 Å². The number of rotatable bonds is 11. The zero-order chi connectivity index (χ0) is 40.3. The second-order valence-corrected chi connectivity index (χ2v) is 15.1. The summed E-state index contributed by atoms with van der Waals surface area (Å²) in [5.74, 6) is -2.50. The molecular weight excluding hydrogens is 752 g/mol. The van der Waals surface area contributed by atoms with Crippen LogP contribution in [0.3, 0.4) is 0 Å². The third-order valence-electron chi connectivity index (χ3n) is 9.50. The molecular formula is C40H44F3N5O7S. The van der Waals surface area contributed by atoms with E-state index in [0.29, 0.717) is 24.6 Å². The number of carboxylic acid groups (broad SMARTS) is 1. The first-order chi connectivity index (χ1) is 26.8. The van der Waals surface area contributed by atoms with E-state index in [1.54, 1.807) is 48.5 Å². The second kappa shape index (κ2) is 18.9. The second-order valence-electron chi connectivity index (χ2n) is 13.2. The molecule has 56 heavy (non-hydrogen) atoms. The maximum atomic E-state index is 14.1. The number of carbonyl (C=O) groups is 3. The summed E-state index contributed by atoms with van der Waals surface area (Å²) in [5, 5.41) is 13.0. The zero-order valence-electron chi connectivity index (χ0n) is 30.7. The van der Waals surface area contributed by atoms with Crippen molar-refractivity contribution in [3.8, 4) is 16.9 Å². The average Bonchev–Trinajstić information content (AvgIpc) is 3.68. The van der Waals surface area contributed by atoms with Crippen LogP contribution in [0.25, 0.3) is 11.1 Å². The number of likely N-dealkylation sites (tertiary alicyclic amines) is 1. The molecule has 2 aliphatic heterocycles. The highest BCUT2D eigenvalue weighted by atomic mass is 32.2. The molecule has 16 heteroatoms. The largest absolute Gasteiger partial charge is 0.490 e. The van der Waals surface area contributed by atoms with Crippen LogP contribution in [0.1, 0.15) is 25.3 Å². The number of amides is 3. The van der Waals surface area contributed by atoms with Crippen LogP contribution < -0.4 is 15.4 Å². The van der Waals surface area contributed by atoms with Gasteiger partial charge in [-0.1, -0.05) is 79.7 Å². The number of ether oxygens (including phenoxy) is 1. The molecule has 2 heterocycles. The summed E-state index contributed by atoms with van der Waals surface area (Å²) in [6.45, 7) is 4.84. The van der Waals surface area contributed by atoms with Crippen molar-refractivity contribution in [3.63, 3.8) is 0 Å². The monoisotopic (exact) mass is 795 g/mol. The Morgan fingerprint density at radius 2 is 1.45 bits per heavy atom. The van der Waals surface area contributed by atoms with Crippen molar-refractivity contribution < 1.29 is 45.8 Å². The molecule has 2 aliphatic rings. The fourth-order valence-corrected chi connectivity index (χ4v) is 8.06. The van der Waals surface area contributed by atoms with Crippen molar-refractivity contribution in [3.05, 3.63) is 115 Å². The SMILES string of the molecule is CCN1CCC[C@H]1CNC(=O)[C@H]1CN(C(=O)Nc2ccc(OCc3ccccc3)cc2)CCN1S(=O)(=O)c1ccc(-c2ccccc2)cc1.O=C(O)C(F)(F)F. The Hall–Kier alpha value is -5.45. The number of carboxylic acids is 1. The lowest BCUT2D eigenvalue weighted by atomic mass is 10.1. The van der Waals surface area contributed by atoms with Crippen LogP contribution >= 0.6 is 0 Å². The summed E-state index contributed by atoms with van der Waals surface area (Å²) in [6, 6.07) is 32.1. The number of hydrogen-bond donors (Lipinski definition) is 3. The predicted molar refractivity (Wildman–Crippen MR) is 204 cm³/mol. The maximum Gasteiger partial charge on any atom is 0.490 e. The minimum absolute atomic E-state index is 0.0228. The van der Waals surface area contributed by atoms with Crippen molar-refractivity contribution >= 4 is 33.6 Å². The molecule has 12 nitrogen and oxygen atoms in total. The Kier molecular flexibility index (Phi) is 14.1. The van der Waals surface area contributed by atoms with E-state index in [-0.39, 0.29) is 30.6 Å². The molecule has 3 amide bonds. The van der Waals surface area contributed by atoms with Gasteiger partial charge in [0, 0.05) is 37.9 Å². The van der Waals surface area contributed by atoms with Gasteiger partial charge < -0.3 is 25.4 Å². The van der Waals surface area contributed by atoms with Crippen molar-refractivity contribution in [2.75, 3.05) is 44.6 Å². The van der Waals surface area contributed by atoms with Gasteiger partial charge in [-0.15, -0.1) is 0 Å². The number of nitrogens with zero attached hydrogens (tertiary/aromatic N) is 3. The fraction of sp³-hybridized carbons (Fsp3) is 0.325. The number of nitrogens with one attached hydrogen (secondary N) is 2. The number of urea groups is 1. The van der Waals surface area contributed by atoms with E-state index in [4.69, 9.17) is 14.6 Å². The summed E-state index contributed by atoms with van der Waals surface area (Å²) < 4.78 is 67.0. The maximum absolute atomic E-state index is 14.1. The van der Waals surface area contributed by atoms with Crippen LogP contribution in [0.15, 0.2) is 114 Å². The highest BCUT2D eigenvalue weighted by molar-refractivity contribution is 7.89. The van der Waals surface area contributed by atoms with Gasteiger partial charge in [0.1, 0.15) is 18.4 Å². The number of piperazine rings is 1. The number of likely N-dealkylation sites (N-methyl/N-ethyl adjacent to an activating group) is 1. The molecule has 0 aromatic heterocycles. The van der Waals surface area contributed by atoms with E-state index in [2.05, 4.69) is 22.5 Å². The Labute approximate surface area is 323 Å². The van der Waals surface area contributed by atoms with Gasteiger partial charge >= 0.3 is 18.2 Å². The van der Waals surface area contributed by atoms with E-state index in [1.807, 2.05) is 60.7 Å². The molecule has 0 radical (unpaired) electrons. The first-order valence-corrected chi connectivity index (χ1v) is 19.5. The van der Waals surface area contributed by atoms with Gasteiger partial charge in [-0.25, -0.2) is 18.0 Å². The third kappa shape index (κ3) is 11.1. The fourth-order valence-electron chi connectivity index (χ4n) is 6.49. The predicted octanol–water partition coefficient (Wildman–Crippen LogP) is 6.07. The number of aliphatic carboxylic acids is 1. The van der Waals surface area contributed by atoms with Crippen LogP contribution in [0, 0.1) is 0 Å². The van der Waals surface area contributed by atoms with Crippen LogP contribution in [-0.2, 0) is 26.2 Å². The molecule has 2 atom stereocenters. The molecule has 4 aromatic rings. The summed E-state index contributed by atoms with van der Waals surface area (Å²) in [7, 11) is -4.06. The molecule has 0 aliphatic carbocycles. The normalized spacial score (nSPS) is 17.7. The third-order valence-corrected chi connectivity index (χ3v) is 11.4. The van der Waals surface area contributed by atoms with E-state index in [1.165, 1.54) is 9.21 Å². The van der Waals surface area contributed by atoms with E-state index < -0.39 is 40.1 Å². The number of anilines is 1. The molecule has 2 saturated heterocycles. The molecule has 4 aromatic carbocycles. The summed E-state index contributed by atoms with van der Waals surface area (Å²) >= 11 is 0. The van der Waals surface area contributed by atoms with Crippen LogP contribution in [0.4, 0.5) is 23.7 Å². The molecule has 2 fully saturated rings. The lowest BCUT2D eigenvalue weighted by Crippen LogP contribution is -2.62. The highest BCUT2D eigenvalue weighted by Gasteiger charge is 2.42. The Bertz CT molecular complexity index is 2020. The lowest BCUT2D eigenvalue weighted by molar-refractivity contribution is -0.192. The first kappa shape index (κ1) is 41.7. The summed E-state index contributed by atoms with van der Waals surface area (Å²) in [6.07, 6.45) is -3.05. The molecule has 298 valence electrons. The number of carbonyl (C=O) groups excluding carboxylic acids is 2. The molecule has 0 spiro atoms. The van der Waals surface area contributed by atoms with Gasteiger partial charge in [0.05, 0.1) is 4.90 Å². The summed E-state index contributed by atoms with van der Waals surface area (Å²) in [5.41, 5.74) is 3.48. The Balaban J connectivity index is 0.000000784. The highest BCUT2D eigenvalue weighted by Crippen LogP contribution is 2.27. The number of halogens is 3. The minimum atomic E-state index is -5.08. The van der Waals surface area contributed by atoms with Crippen LogP contribution in [-0.4, -0.2) is 103 Å². The van der Waals surface area contributed by atoms with Crippen LogP contribution in [0.5, 0.6) is 5.75 Å². The minimum Gasteiger partial charge on any atom is -0.489 e. The zero-order valence-corrected chi connectivity index (χ0v) is 31.5. The topological polar surface area (TPSA) is 149 Å². The molecule has 6 rings (SSSR count). The number of sulfonamides is 1. The smallest absolute Gasteiger partial charge is 0.489 e. The van der Waals surface area contributed by atoms with Crippen LogP contribution in [0.2, 0.25) is 0 Å². The summed E-state index contributed by atoms with van der Waals surface area (Å²) in [4.78, 5) is 40.1. The van der Waals surface area contributed by atoms with Gasteiger partial charge in [0.2, 0.25) is 15.9 Å². The van der Waals surface area contributed by atoms with E-state index in [9.17, 15) is 31.2 Å². The van der Waals surface area contributed by atoms with Crippen molar-refractivity contribution in [1.82, 2.24) is 19.4 Å². The number of benzene rings is 4. The van der Waals surface area contributed by atoms with Gasteiger partial charge in [-0.05, 0) is 79.0 Å². The Morgan fingerprint density at radius 1 is 0.839 bits per heavy atom. The van der Waals surface area contributed by atoms with E-state index >= 15 is 0 Å². The quantitative estimate of drug-likeness (QED) is 0.166. The van der Waals surface area contributed by atoms with Crippen molar-refractivity contribution in [2.24, 2.45) is 0 Å². The standard InChI is InChI=1S/C38H43N5O5S.C2HF3O2/c1-2-41-23-9-14-33(41)26-39-37(44)36-27-42(38(45)40-32-17-19-34(20-18-32)48-28-29-10-5-3-6-11-29)24-25-43(36)49(46,47)35-21-15-31(16-22-35)30-12-7-4-8-13-30;3-2(4,5)1(6)7/h3-8,10-13,15-22,33,36H,2,9,14,23-28H2,1H3,(H,39,44)(H,40,45);(H,6,7)/t33-,36+;/m0./s1. The van der Waals surface area contributed by atoms with Gasteiger partial charge in [0.15, 0.2) is 0 Å².